The third-order valence-electron chi connectivity index (χ3n) is 6.53. The van der Waals surface area contributed by atoms with Gasteiger partial charge in [0.15, 0.2) is 20.9 Å². The number of rotatable bonds is 6. The molecule has 1 heterocycles. The maximum Gasteiger partial charge on any atom is 0.345 e. The number of esters is 1. The summed E-state index contributed by atoms with van der Waals surface area (Å²) in [5.41, 5.74) is 1.72. The molecule has 0 spiro atoms. The van der Waals surface area contributed by atoms with Crippen molar-refractivity contribution in [1.82, 2.24) is 0 Å². The Bertz CT molecular complexity index is 1610. The fraction of sp³-hybridized carbons (Fsp3) is 0.194. The highest BCUT2D eigenvalue weighted by Gasteiger charge is 2.27. The van der Waals surface area contributed by atoms with E-state index >= 15 is 0 Å². The van der Waals surface area contributed by atoms with Gasteiger partial charge >= 0.3 is 5.97 Å². The molecule has 5 rings (SSSR count). The van der Waals surface area contributed by atoms with E-state index in [1.807, 2.05) is 13.8 Å². The minimum atomic E-state index is -0.906. The molecule has 0 saturated carbocycles. The first-order valence-electron chi connectivity index (χ1n) is 12.1. The van der Waals surface area contributed by atoms with Crippen LogP contribution in [0.4, 0.5) is 4.39 Å². The van der Waals surface area contributed by atoms with Crippen LogP contribution in [0.5, 0.6) is 5.75 Å². The number of hydrogen-bond acceptors (Lipinski definition) is 3. The van der Waals surface area contributed by atoms with Gasteiger partial charge in [-0.15, -0.1) is 0 Å². The molecule has 5 aromatic rings. The van der Waals surface area contributed by atoms with Gasteiger partial charge in [0, 0.05) is 54.5 Å². The smallest absolute Gasteiger partial charge is 0.345 e. The quantitative estimate of drug-likeness (QED) is 0.135. The zero-order chi connectivity index (χ0) is 27.2. The molecular weight excluding hydrogens is 631 g/mol. The van der Waals surface area contributed by atoms with Crippen LogP contribution in [0.1, 0.15) is 30.5 Å². The normalized spacial score (nSPS) is 11.8. The van der Waals surface area contributed by atoms with Crippen molar-refractivity contribution in [3.63, 3.8) is 0 Å². The first kappa shape index (κ1) is 26.9. The highest BCUT2D eigenvalue weighted by atomic mass is 79.9. The third kappa shape index (κ3) is 5.24. The summed E-state index contributed by atoms with van der Waals surface area (Å²) in [6.07, 6.45) is 0. The second-order valence-electron chi connectivity index (χ2n) is 9.75. The van der Waals surface area contributed by atoms with Crippen LogP contribution in [-0.2, 0) is 15.1 Å². The maximum atomic E-state index is 13.3. The zero-order valence-corrected chi connectivity index (χ0v) is 25.4. The SMILES string of the molecule is Cc1cc(-[s+]2c3ccc(Br)cc3c3cc(Br)ccc32)cc(C)c1OCC(=O)OC(C)(C)c1ccc(F)cc1. The molecule has 0 atom stereocenters. The molecule has 0 fully saturated rings. The van der Waals surface area contributed by atoms with Crippen molar-refractivity contribution < 1.29 is 18.7 Å². The molecule has 1 aromatic heterocycles. The lowest BCUT2D eigenvalue weighted by Crippen LogP contribution is -2.28. The van der Waals surface area contributed by atoms with Gasteiger partial charge < -0.3 is 9.47 Å². The Morgan fingerprint density at radius 2 is 1.37 bits per heavy atom. The molecule has 194 valence electrons. The molecule has 3 nitrogen and oxygen atoms in total. The average molecular weight is 657 g/mol. The largest absolute Gasteiger partial charge is 0.481 e. The molecule has 0 amide bonds. The lowest BCUT2D eigenvalue weighted by Gasteiger charge is -2.25. The molecule has 0 aliphatic carbocycles. The number of aryl methyl sites for hydroxylation is 2. The van der Waals surface area contributed by atoms with E-state index in [1.54, 1.807) is 26.0 Å². The van der Waals surface area contributed by atoms with Gasteiger partial charge in [-0.05, 0) is 80.8 Å². The molecule has 38 heavy (non-hydrogen) atoms. The van der Waals surface area contributed by atoms with Crippen LogP contribution in [0.3, 0.4) is 0 Å². The number of thiophene rings is 1. The van der Waals surface area contributed by atoms with Gasteiger partial charge in [0.05, 0.1) is 0 Å². The van der Waals surface area contributed by atoms with E-state index in [9.17, 15) is 9.18 Å². The van der Waals surface area contributed by atoms with Crippen LogP contribution in [0.15, 0.2) is 81.7 Å². The summed E-state index contributed by atoms with van der Waals surface area (Å²) >= 11 is 7.26. The zero-order valence-electron chi connectivity index (χ0n) is 21.4. The lowest BCUT2D eigenvalue weighted by molar-refractivity contribution is -0.159. The van der Waals surface area contributed by atoms with Crippen molar-refractivity contribution in [2.24, 2.45) is 0 Å². The van der Waals surface area contributed by atoms with Crippen LogP contribution >= 0.6 is 42.3 Å². The molecule has 0 aliphatic heterocycles. The summed E-state index contributed by atoms with van der Waals surface area (Å²) in [5, 5.41) is 2.47. The standard InChI is InChI=1S/C31H26Br2FO3S/c1-18-13-24(38-27-11-7-21(32)15-25(27)26-16-22(33)8-12-28(26)38)14-19(2)30(18)36-17-29(35)37-31(3,4)20-5-9-23(34)10-6-20/h5-16H,17H2,1-4H3/q+1. The molecule has 4 aromatic carbocycles. The minimum Gasteiger partial charge on any atom is -0.481 e. The molecular formula is C31H26Br2FO3S+. The summed E-state index contributed by atoms with van der Waals surface area (Å²) in [7, 11) is -0.251. The molecule has 0 bridgehead atoms. The second-order valence-corrected chi connectivity index (χ2v) is 13.5. The van der Waals surface area contributed by atoms with Crippen LogP contribution in [0.2, 0.25) is 0 Å². The monoisotopic (exact) mass is 655 g/mol. The van der Waals surface area contributed by atoms with E-state index < -0.39 is 11.6 Å². The number of carbonyl (C=O) groups excluding carboxylic acids is 1. The Kier molecular flexibility index (Phi) is 7.37. The highest BCUT2D eigenvalue weighted by molar-refractivity contribution is 9.10. The van der Waals surface area contributed by atoms with Gasteiger partial charge in [-0.2, -0.15) is 0 Å². The number of fused-ring (bicyclic) bond motifs is 3. The molecule has 0 unspecified atom stereocenters. The van der Waals surface area contributed by atoms with Crippen molar-refractivity contribution >= 4 is 68.5 Å². The Balaban J connectivity index is 1.42. The number of halogens is 3. The van der Waals surface area contributed by atoms with E-state index in [0.29, 0.717) is 11.3 Å². The molecule has 7 heteroatoms. The van der Waals surface area contributed by atoms with E-state index in [4.69, 9.17) is 9.47 Å². The minimum absolute atomic E-state index is 0.217. The fourth-order valence-electron chi connectivity index (χ4n) is 4.77. The molecule has 0 saturated heterocycles. The predicted octanol–water partition coefficient (Wildman–Crippen LogP) is 9.87. The summed E-state index contributed by atoms with van der Waals surface area (Å²) in [4.78, 5) is 13.9. The predicted molar refractivity (Wildman–Crippen MR) is 161 cm³/mol. The van der Waals surface area contributed by atoms with Crippen molar-refractivity contribution in [1.29, 1.82) is 0 Å². The van der Waals surface area contributed by atoms with Gasteiger partial charge in [-0.3, -0.25) is 0 Å². The number of hydrogen-bond donors (Lipinski definition) is 0. The number of carbonyl (C=O) groups is 1. The number of ether oxygens (including phenoxy) is 2. The van der Waals surface area contributed by atoms with Crippen LogP contribution in [-0.4, -0.2) is 12.6 Å². The lowest BCUT2D eigenvalue weighted by atomic mass is 9.98. The van der Waals surface area contributed by atoms with Crippen LogP contribution < -0.4 is 4.74 Å². The van der Waals surface area contributed by atoms with E-state index in [2.05, 4.69) is 80.4 Å². The first-order valence-corrected chi connectivity index (χ1v) is 14.9. The topological polar surface area (TPSA) is 35.5 Å². The molecule has 0 radical (unpaired) electrons. The summed E-state index contributed by atoms with van der Waals surface area (Å²) < 4.78 is 29.6. The van der Waals surface area contributed by atoms with Crippen molar-refractivity contribution in [2.45, 2.75) is 33.3 Å². The number of benzene rings is 4. The van der Waals surface area contributed by atoms with Crippen LogP contribution in [0.25, 0.3) is 25.1 Å². The van der Waals surface area contributed by atoms with Crippen LogP contribution in [0, 0.1) is 19.7 Å². The summed E-state index contributed by atoms with van der Waals surface area (Å²) in [6, 6.07) is 23.2. The summed E-state index contributed by atoms with van der Waals surface area (Å²) in [6.45, 7) is 7.34. The Morgan fingerprint density at radius 1 is 0.842 bits per heavy atom. The fourth-order valence-corrected chi connectivity index (χ4v) is 8.01. The van der Waals surface area contributed by atoms with Gasteiger partial charge in [-0.25, -0.2) is 9.18 Å². The Hall–Kier alpha value is -2.74. The first-order chi connectivity index (χ1) is 18.0. The van der Waals surface area contributed by atoms with Gasteiger partial charge in [-0.1, -0.05) is 44.0 Å². The van der Waals surface area contributed by atoms with Gasteiger partial charge in [0.1, 0.15) is 17.2 Å². The van der Waals surface area contributed by atoms with Crippen molar-refractivity contribution in [3.05, 3.63) is 104 Å². The van der Waals surface area contributed by atoms with Crippen molar-refractivity contribution in [3.8, 4) is 10.6 Å². The van der Waals surface area contributed by atoms with Crippen molar-refractivity contribution in [2.75, 3.05) is 6.61 Å². The van der Waals surface area contributed by atoms with E-state index in [-0.39, 0.29) is 22.9 Å². The third-order valence-corrected chi connectivity index (χ3v) is 9.81. The maximum absolute atomic E-state index is 13.3. The highest BCUT2D eigenvalue weighted by Crippen LogP contribution is 2.50. The Morgan fingerprint density at radius 3 is 1.89 bits per heavy atom. The molecule has 0 aliphatic rings. The van der Waals surface area contributed by atoms with Gasteiger partial charge in [0.2, 0.25) is 0 Å². The van der Waals surface area contributed by atoms with E-state index in [1.165, 1.54) is 37.2 Å². The average Bonchev–Trinajstić information content (AvgIpc) is 3.16. The second kappa shape index (κ2) is 10.4. The summed E-state index contributed by atoms with van der Waals surface area (Å²) in [5.74, 6) is -0.140. The van der Waals surface area contributed by atoms with E-state index in [0.717, 1.165) is 20.1 Å². The van der Waals surface area contributed by atoms with Gasteiger partial charge in [0.25, 0.3) is 0 Å². The Labute approximate surface area is 240 Å². The molecule has 0 N–H and O–H groups in total.